The molecule has 0 spiro atoms. The molecule has 286 valence electrons. The Bertz CT molecular complexity index is 1310. The van der Waals surface area contributed by atoms with Crippen LogP contribution in [0.2, 0.25) is 36.3 Å². The highest BCUT2D eigenvalue weighted by molar-refractivity contribution is 6.74. The van der Waals surface area contributed by atoms with Gasteiger partial charge in [0.25, 0.3) is 0 Å². The monoisotopic (exact) mass is 729 g/mol. The molecule has 4 atom stereocenters. The maximum Gasteiger partial charge on any atom is 0.332 e. The summed E-state index contributed by atoms with van der Waals surface area (Å²) < 4.78 is 27.4. The molecule has 2 saturated carbocycles. The fourth-order valence-electron chi connectivity index (χ4n) is 7.78. The zero-order valence-corrected chi connectivity index (χ0v) is 37.1. The van der Waals surface area contributed by atoms with E-state index in [2.05, 4.69) is 107 Å². The standard InChI is InChI=1S/C43H76O5Si2/c1-17-19-20-27-41(10,11)46-38(44)31-45-43(48-50(15,16)40(7,8)9)29-34(32(3)37(30-43)47-49(13,14)39(4,5)6)24-23-33-22-21-28-42(12)35(18-2)25-26-36(33)42/h23-25,36-37H,3,17-22,26-31H2,1-2,4-16H3/t36-,37-,42+,43+/m0/s1. The van der Waals surface area contributed by atoms with Crippen LogP contribution >= 0.6 is 0 Å². The number of unbranched alkanes of at least 4 members (excludes halogenated alkanes) is 2. The maximum absolute atomic E-state index is 13.5. The fourth-order valence-corrected chi connectivity index (χ4v) is 10.5. The Balaban J connectivity index is 2.07. The molecule has 0 bridgehead atoms. The molecule has 0 aromatic carbocycles. The van der Waals surface area contributed by atoms with E-state index in [1.807, 2.05) is 13.8 Å². The topological polar surface area (TPSA) is 54.0 Å². The van der Waals surface area contributed by atoms with E-state index in [9.17, 15) is 4.79 Å². The molecule has 0 unspecified atom stereocenters. The van der Waals surface area contributed by atoms with Crippen LogP contribution in [-0.2, 0) is 23.1 Å². The quantitative estimate of drug-likeness (QED) is 0.0586. The van der Waals surface area contributed by atoms with Gasteiger partial charge in [0.05, 0.1) is 6.10 Å². The fraction of sp³-hybridized carbons (Fsp3) is 0.791. The lowest BCUT2D eigenvalue weighted by molar-refractivity contribution is -0.219. The largest absolute Gasteiger partial charge is 0.458 e. The van der Waals surface area contributed by atoms with Crippen molar-refractivity contribution in [1.29, 1.82) is 0 Å². The predicted molar refractivity (Wildman–Crippen MR) is 216 cm³/mol. The van der Waals surface area contributed by atoms with Gasteiger partial charge in [0.1, 0.15) is 12.2 Å². The zero-order valence-electron chi connectivity index (χ0n) is 35.1. The molecule has 50 heavy (non-hydrogen) atoms. The van der Waals surface area contributed by atoms with Gasteiger partial charge in [-0.25, -0.2) is 4.79 Å². The van der Waals surface area contributed by atoms with Crippen molar-refractivity contribution < 1.29 is 23.1 Å². The third kappa shape index (κ3) is 10.2. The van der Waals surface area contributed by atoms with Gasteiger partial charge in [-0.15, -0.1) is 0 Å². The molecule has 0 radical (unpaired) electrons. The summed E-state index contributed by atoms with van der Waals surface area (Å²) in [4.78, 5) is 13.5. The lowest BCUT2D eigenvalue weighted by Crippen LogP contribution is -2.56. The van der Waals surface area contributed by atoms with Crippen LogP contribution in [0.25, 0.3) is 0 Å². The minimum Gasteiger partial charge on any atom is -0.458 e. The summed E-state index contributed by atoms with van der Waals surface area (Å²) in [6.07, 6.45) is 17.9. The Morgan fingerprint density at radius 3 is 2.20 bits per heavy atom. The molecular formula is C43H76O5Si2. The summed E-state index contributed by atoms with van der Waals surface area (Å²) in [6.45, 7) is 38.3. The smallest absolute Gasteiger partial charge is 0.332 e. The molecule has 0 aromatic rings. The van der Waals surface area contributed by atoms with E-state index in [0.717, 1.165) is 56.1 Å². The first-order valence-electron chi connectivity index (χ1n) is 19.8. The van der Waals surface area contributed by atoms with Gasteiger partial charge in [0, 0.05) is 12.8 Å². The van der Waals surface area contributed by atoms with Crippen LogP contribution in [0.5, 0.6) is 0 Å². The minimum absolute atomic E-state index is 0.0204. The molecule has 3 aliphatic carbocycles. The van der Waals surface area contributed by atoms with Crippen LogP contribution in [0.1, 0.15) is 147 Å². The molecule has 0 amide bonds. The highest BCUT2D eigenvalue weighted by Crippen LogP contribution is 2.56. The number of carbonyl (C=O) groups excluding carboxylic acids is 1. The molecular weight excluding hydrogens is 653 g/mol. The van der Waals surface area contributed by atoms with E-state index in [4.69, 9.17) is 24.9 Å². The van der Waals surface area contributed by atoms with Crippen LogP contribution in [-0.4, -0.2) is 46.7 Å². The van der Waals surface area contributed by atoms with Gasteiger partial charge in [-0.1, -0.05) is 111 Å². The first-order valence-corrected chi connectivity index (χ1v) is 25.7. The minimum atomic E-state index is -2.38. The van der Waals surface area contributed by atoms with E-state index >= 15 is 0 Å². The van der Waals surface area contributed by atoms with Crippen molar-refractivity contribution in [2.45, 2.75) is 201 Å². The zero-order chi connectivity index (χ0) is 38.0. The SMILES string of the molecule is C=C1C(=CC=C2CCC[C@]3(C)C(CC)=CC[C@@H]23)C[C@@](OCC(=O)OC(C)(C)CCCCC)(O[Si](C)(C)C(C)(C)C)C[C@@H]1O[Si](C)(C)C(C)(C)C. The first kappa shape index (κ1) is 43.2. The van der Waals surface area contributed by atoms with Crippen LogP contribution in [0, 0.1) is 11.3 Å². The van der Waals surface area contributed by atoms with E-state index in [1.165, 1.54) is 18.4 Å². The molecule has 0 aliphatic heterocycles. The van der Waals surface area contributed by atoms with Gasteiger partial charge in [-0.05, 0) is 118 Å². The Kier molecular flexibility index (Phi) is 13.8. The van der Waals surface area contributed by atoms with Crippen LogP contribution in [0.4, 0.5) is 0 Å². The highest BCUT2D eigenvalue weighted by Gasteiger charge is 2.52. The average molecular weight is 729 g/mol. The molecule has 2 fully saturated rings. The first-order chi connectivity index (χ1) is 22.8. The van der Waals surface area contributed by atoms with Crippen molar-refractivity contribution in [3.05, 3.63) is 47.1 Å². The van der Waals surface area contributed by atoms with Gasteiger partial charge in [0.2, 0.25) is 0 Å². The average Bonchev–Trinajstić information content (AvgIpc) is 3.32. The van der Waals surface area contributed by atoms with Crippen LogP contribution < -0.4 is 0 Å². The lowest BCUT2D eigenvalue weighted by atomic mass is 9.64. The van der Waals surface area contributed by atoms with Gasteiger partial charge in [-0.2, -0.15) is 0 Å². The number of rotatable bonds is 14. The molecule has 0 N–H and O–H groups in total. The number of hydrogen-bond donors (Lipinski definition) is 0. The third-order valence-electron chi connectivity index (χ3n) is 13.1. The van der Waals surface area contributed by atoms with E-state index < -0.39 is 28.0 Å². The number of esters is 1. The Morgan fingerprint density at radius 1 is 0.980 bits per heavy atom. The van der Waals surface area contributed by atoms with Gasteiger partial charge in [0.15, 0.2) is 22.4 Å². The Labute approximate surface area is 310 Å². The Morgan fingerprint density at radius 2 is 1.62 bits per heavy atom. The molecule has 0 heterocycles. The molecule has 7 heteroatoms. The predicted octanol–water partition coefficient (Wildman–Crippen LogP) is 12.8. The summed E-state index contributed by atoms with van der Waals surface area (Å²) in [5.41, 5.74) is 5.00. The van der Waals surface area contributed by atoms with Gasteiger partial charge in [-0.3, -0.25) is 0 Å². The van der Waals surface area contributed by atoms with Crippen molar-refractivity contribution in [1.82, 2.24) is 0 Å². The number of allylic oxidation sites excluding steroid dienone is 5. The molecule has 3 aliphatic rings. The highest BCUT2D eigenvalue weighted by atomic mass is 28.4. The Hall–Kier alpha value is -1.26. The van der Waals surface area contributed by atoms with Crippen molar-refractivity contribution in [3.8, 4) is 0 Å². The third-order valence-corrected chi connectivity index (χ3v) is 22.0. The summed E-state index contributed by atoms with van der Waals surface area (Å²) in [6, 6.07) is 0. The van der Waals surface area contributed by atoms with E-state index in [1.54, 1.807) is 5.57 Å². The summed E-state index contributed by atoms with van der Waals surface area (Å²) in [5.74, 6) is -0.831. The normalized spacial score (nSPS) is 28.6. The number of hydrogen-bond acceptors (Lipinski definition) is 5. The lowest BCUT2D eigenvalue weighted by Gasteiger charge is -2.51. The second-order valence-electron chi connectivity index (χ2n) is 19.6. The van der Waals surface area contributed by atoms with E-state index in [-0.39, 0.29) is 34.2 Å². The second-order valence-corrected chi connectivity index (χ2v) is 29.1. The van der Waals surface area contributed by atoms with Gasteiger partial charge >= 0.3 is 5.97 Å². The van der Waals surface area contributed by atoms with E-state index in [0.29, 0.717) is 18.8 Å². The molecule has 3 rings (SSSR count). The number of ether oxygens (including phenoxy) is 2. The summed E-state index contributed by atoms with van der Waals surface area (Å²) >= 11 is 0. The summed E-state index contributed by atoms with van der Waals surface area (Å²) in [5, 5.41) is -0.0349. The second kappa shape index (κ2) is 16.0. The number of fused-ring (bicyclic) bond motifs is 1. The van der Waals surface area contributed by atoms with Crippen molar-refractivity contribution in [3.63, 3.8) is 0 Å². The van der Waals surface area contributed by atoms with Crippen LogP contribution in [0.15, 0.2) is 47.1 Å². The molecule has 0 aromatic heterocycles. The van der Waals surface area contributed by atoms with Crippen LogP contribution in [0.3, 0.4) is 0 Å². The number of carbonyl (C=O) groups is 1. The van der Waals surface area contributed by atoms with Gasteiger partial charge < -0.3 is 18.3 Å². The molecule has 5 nitrogen and oxygen atoms in total. The maximum atomic E-state index is 13.5. The molecule has 0 saturated heterocycles. The summed E-state index contributed by atoms with van der Waals surface area (Å²) in [7, 11) is -4.59. The van der Waals surface area contributed by atoms with Crippen molar-refractivity contribution in [2.24, 2.45) is 11.3 Å². The van der Waals surface area contributed by atoms with Crippen molar-refractivity contribution >= 4 is 22.6 Å². The van der Waals surface area contributed by atoms with Crippen molar-refractivity contribution in [2.75, 3.05) is 6.61 Å².